The van der Waals surface area contributed by atoms with Crippen molar-refractivity contribution in [3.63, 3.8) is 0 Å². The lowest BCUT2D eigenvalue weighted by Crippen LogP contribution is -2.34. The van der Waals surface area contributed by atoms with Gasteiger partial charge in [0.05, 0.1) is 17.0 Å². The van der Waals surface area contributed by atoms with E-state index in [4.69, 9.17) is 0 Å². The highest BCUT2D eigenvalue weighted by atomic mass is 32.1. The molecule has 0 aliphatic carbocycles. The summed E-state index contributed by atoms with van der Waals surface area (Å²) < 4.78 is 14.9. The largest absolute Gasteiger partial charge is 0.350 e. The second-order valence-electron chi connectivity index (χ2n) is 7.42. The van der Waals surface area contributed by atoms with Crippen LogP contribution in [0, 0.1) is 33.5 Å². The number of aryl methyl sites for hydroxylation is 4. The summed E-state index contributed by atoms with van der Waals surface area (Å²) in [4.78, 5) is 42.1. The average molecular weight is 458 g/mol. The molecule has 1 aromatic carbocycles. The predicted molar refractivity (Wildman–Crippen MR) is 121 cm³/mol. The minimum absolute atomic E-state index is 0.175. The summed E-state index contributed by atoms with van der Waals surface area (Å²) in [6, 6.07) is 4.26. The number of amides is 2. The molecular weight excluding hydrogens is 433 g/mol. The second-order valence-corrected chi connectivity index (χ2v) is 8.42. The molecule has 0 spiro atoms. The molecule has 0 fully saturated rings. The van der Waals surface area contributed by atoms with Crippen molar-refractivity contribution in [2.75, 3.05) is 13.1 Å². The van der Waals surface area contributed by atoms with Gasteiger partial charge in [0.2, 0.25) is 0 Å². The van der Waals surface area contributed by atoms with E-state index in [1.807, 2.05) is 6.92 Å². The number of hydrogen-bond donors (Lipinski definition) is 2. The fraction of sp³-hybridized carbons (Fsp3) is 0.318. The summed E-state index contributed by atoms with van der Waals surface area (Å²) in [5.41, 5.74) is 2.79. The zero-order valence-electron chi connectivity index (χ0n) is 18.5. The Balaban J connectivity index is 1.65. The quantitative estimate of drug-likeness (QED) is 0.553. The van der Waals surface area contributed by atoms with Crippen LogP contribution in [0.5, 0.6) is 0 Å². The molecule has 2 N–H and O–H groups in total. The Bertz CT molecular complexity index is 1270. The number of aromatic nitrogens is 3. The van der Waals surface area contributed by atoms with Crippen LogP contribution in [-0.2, 0) is 7.05 Å². The number of halogens is 1. The molecule has 168 valence electrons. The highest BCUT2D eigenvalue weighted by Gasteiger charge is 2.21. The molecule has 0 aliphatic rings. The first-order valence-corrected chi connectivity index (χ1v) is 10.8. The lowest BCUT2D eigenvalue weighted by Gasteiger charge is -2.08. The SMILES string of the molecule is Cc1ccc(C(=O)NCCNC(=O)c2sc(-c3c(C)c(C)nn(C)c3=O)nc2C)cc1F. The Labute approximate surface area is 188 Å². The first-order valence-electron chi connectivity index (χ1n) is 9.95. The average Bonchev–Trinajstić information content (AvgIpc) is 3.12. The van der Waals surface area contributed by atoms with Crippen LogP contribution in [0.4, 0.5) is 4.39 Å². The topological polar surface area (TPSA) is 106 Å². The van der Waals surface area contributed by atoms with Crippen molar-refractivity contribution in [2.45, 2.75) is 27.7 Å². The maximum Gasteiger partial charge on any atom is 0.277 e. The van der Waals surface area contributed by atoms with Crippen molar-refractivity contribution in [1.29, 1.82) is 0 Å². The Morgan fingerprint density at radius 3 is 2.38 bits per heavy atom. The molecule has 2 aromatic heterocycles. The first-order chi connectivity index (χ1) is 15.1. The first kappa shape index (κ1) is 23.3. The minimum Gasteiger partial charge on any atom is -0.350 e. The molecule has 3 rings (SSSR count). The van der Waals surface area contributed by atoms with Gasteiger partial charge >= 0.3 is 0 Å². The van der Waals surface area contributed by atoms with Gasteiger partial charge in [-0.05, 0) is 51.0 Å². The van der Waals surface area contributed by atoms with E-state index in [0.29, 0.717) is 32.4 Å². The number of thiazole rings is 1. The van der Waals surface area contributed by atoms with Crippen LogP contribution in [-0.4, -0.2) is 39.7 Å². The zero-order chi connectivity index (χ0) is 23.6. The van der Waals surface area contributed by atoms with Gasteiger partial charge in [0.15, 0.2) is 0 Å². The molecule has 0 unspecified atom stereocenters. The van der Waals surface area contributed by atoms with Gasteiger partial charge < -0.3 is 10.6 Å². The van der Waals surface area contributed by atoms with Gasteiger partial charge in [-0.2, -0.15) is 5.10 Å². The summed E-state index contributed by atoms with van der Waals surface area (Å²) >= 11 is 1.14. The number of benzene rings is 1. The van der Waals surface area contributed by atoms with Gasteiger partial charge in [0.25, 0.3) is 17.4 Å². The third kappa shape index (κ3) is 4.75. The van der Waals surface area contributed by atoms with E-state index in [1.54, 1.807) is 33.9 Å². The maximum atomic E-state index is 13.6. The summed E-state index contributed by atoms with van der Waals surface area (Å²) in [5.74, 6) is -1.21. The summed E-state index contributed by atoms with van der Waals surface area (Å²) in [7, 11) is 1.58. The number of nitrogens with zero attached hydrogens (tertiary/aromatic N) is 3. The van der Waals surface area contributed by atoms with Crippen molar-refractivity contribution in [3.05, 3.63) is 67.3 Å². The van der Waals surface area contributed by atoms with E-state index >= 15 is 0 Å². The van der Waals surface area contributed by atoms with Gasteiger partial charge in [-0.15, -0.1) is 11.3 Å². The van der Waals surface area contributed by atoms with Gasteiger partial charge in [-0.3, -0.25) is 14.4 Å². The molecule has 0 saturated carbocycles. The fourth-order valence-corrected chi connectivity index (χ4v) is 4.16. The molecule has 0 saturated heterocycles. The molecule has 32 heavy (non-hydrogen) atoms. The summed E-state index contributed by atoms with van der Waals surface area (Å²) in [6.45, 7) is 7.30. The predicted octanol–water partition coefficient (Wildman–Crippen LogP) is 2.44. The Kier molecular flexibility index (Phi) is 6.83. The number of nitrogens with one attached hydrogen (secondary N) is 2. The molecule has 2 heterocycles. The number of carbonyl (C=O) groups is 2. The smallest absolute Gasteiger partial charge is 0.277 e. The molecule has 0 radical (unpaired) electrons. The molecule has 0 bridgehead atoms. The Morgan fingerprint density at radius 2 is 1.72 bits per heavy atom. The van der Waals surface area contributed by atoms with Gasteiger partial charge in [-0.25, -0.2) is 14.1 Å². The van der Waals surface area contributed by atoms with Crippen molar-refractivity contribution in [3.8, 4) is 10.6 Å². The van der Waals surface area contributed by atoms with Crippen molar-refractivity contribution in [2.24, 2.45) is 7.05 Å². The van der Waals surface area contributed by atoms with Crippen LogP contribution in [0.2, 0.25) is 0 Å². The third-order valence-electron chi connectivity index (χ3n) is 5.07. The standard InChI is InChI=1S/C22H24FN5O3S/c1-11-6-7-15(10-16(11)23)19(29)24-8-9-25-20(30)18-14(4)26-21(32-18)17-12(2)13(3)27-28(5)22(17)31/h6-7,10H,8-9H2,1-5H3,(H,24,29)(H,25,30). The number of carbonyl (C=O) groups excluding carboxylic acids is 2. The maximum absolute atomic E-state index is 13.6. The normalized spacial score (nSPS) is 10.8. The van der Waals surface area contributed by atoms with Crippen LogP contribution in [0.25, 0.3) is 10.6 Å². The van der Waals surface area contributed by atoms with E-state index in [2.05, 4.69) is 20.7 Å². The molecule has 3 aromatic rings. The summed E-state index contributed by atoms with van der Waals surface area (Å²) in [6.07, 6.45) is 0. The number of hydrogen-bond acceptors (Lipinski definition) is 6. The second kappa shape index (κ2) is 9.39. The molecule has 0 atom stereocenters. The van der Waals surface area contributed by atoms with E-state index in [-0.39, 0.29) is 30.1 Å². The minimum atomic E-state index is -0.447. The molecule has 8 nitrogen and oxygen atoms in total. The van der Waals surface area contributed by atoms with Crippen LogP contribution < -0.4 is 16.2 Å². The van der Waals surface area contributed by atoms with Crippen molar-refractivity contribution in [1.82, 2.24) is 25.4 Å². The van der Waals surface area contributed by atoms with Gasteiger partial charge in [0.1, 0.15) is 15.7 Å². The molecule has 0 aliphatic heterocycles. The van der Waals surface area contributed by atoms with Crippen LogP contribution in [0.15, 0.2) is 23.0 Å². The van der Waals surface area contributed by atoms with Crippen molar-refractivity contribution >= 4 is 23.2 Å². The highest BCUT2D eigenvalue weighted by molar-refractivity contribution is 7.17. The monoisotopic (exact) mass is 457 g/mol. The van der Waals surface area contributed by atoms with E-state index in [9.17, 15) is 18.8 Å². The number of rotatable bonds is 6. The fourth-order valence-electron chi connectivity index (χ4n) is 3.08. The molecular formula is C22H24FN5O3S. The Morgan fingerprint density at radius 1 is 1.06 bits per heavy atom. The molecule has 2 amide bonds. The lowest BCUT2D eigenvalue weighted by molar-refractivity contribution is 0.0929. The zero-order valence-corrected chi connectivity index (χ0v) is 19.3. The van der Waals surface area contributed by atoms with E-state index in [1.165, 1.54) is 16.8 Å². The third-order valence-corrected chi connectivity index (χ3v) is 6.25. The Hall–Kier alpha value is -3.40. The van der Waals surface area contributed by atoms with E-state index < -0.39 is 11.7 Å². The lowest BCUT2D eigenvalue weighted by atomic mass is 10.1. The van der Waals surface area contributed by atoms with Crippen LogP contribution in [0.1, 0.15) is 42.5 Å². The van der Waals surface area contributed by atoms with Crippen molar-refractivity contribution < 1.29 is 14.0 Å². The van der Waals surface area contributed by atoms with Gasteiger partial charge in [-0.1, -0.05) is 6.07 Å². The molecule has 10 heteroatoms. The van der Waals surface area contributed by atoms with Gasteiger partial charge in [0, 0.05) is 25.7 Å². The summed E-state index contributed by atoms with van der Waals surface area (Å²) in [5, 5.41) is 10.0. The van der Waals surface area contributed by atoms with E-state index in [0.717, 1.165) is 16.9 Å². The highest BCUT2D eigenvalue weighted by Crippen LogP contribution is 2.28. The van der Waals surface area contributed by atoms with Crippen LogP contribution >= 0.6 is 11.3 Å². The van der Waals surface area contributed by atoms with Crippen LogP contribution in [0.3, 0.4) is 0 Å².